The van der Waals surface area contributed by atoms with Crippen molar-refractivity contribution in [2.24, 2.45) is 0 Å². The number of benzene rings is 2. The third kappa shape index (κ3) is 4.86. The van der Waals surface area contributed by atoms with Gasteiger partial charge >= 0.3 is 0 Å². The number of aliphatic hydroxyl groups is 1. The lowest BCUT2D eigenvalue weighted by Crippen LogP contribution is -2.25. The van der Waals surface area contributed by atoms with Gasteiger partial charge in [-0.3, -0.25) is 4.79 Å². The number of aliphatic hydroxyl groups excluding tert-OH is 1. The van der Waals surface area contributed by atoms with E-state index in [0.717, 1.165) is 6.42 Å². The van der Waals surface area contributed by atoms with Crippen molar-refractivity contribution < 1.29 is 9.90 Å². The summed E-state index contributed by atoms with van der Waals surface area (Å²) in [5, 5.41) is 12.7. The van der Waals surface area contributed by atoms with Crippen LogP contribution < -0.4 is 5.32 Å². The molecule has 2 rings (SSSR count). The molecule has 1 amide bonds. The summed E-state index contributed by atoms with van der Waals surface area (Å²) in [6.07, 6.45) is 1.49. The second-order valence-electron chi connectivity index (χ2n) is 5.17. The van der Waals surface area contributed by atoms with Crippen LogP contribution in [-0.4, -0.2) is 24.2 Å². The van der Waals surface area contributed by atoms with E-state index in [4.69, 9.17) is 11.6 Å². The second-order valence-corrected chi connectivity index (χ2v) is 5.61. The van der Waals surface area contributed by atoms with Crippen molar-refractivity contribution in [2.75, 3.05) is 13.2 Å². The number of carbonyl (C=O) groups excluding carboxylic acids is 1. The van der Waals surface area contributed by atoms with E-state index in [0.29, 0.717) is 23.6 Å². The summed E-state index contributed by atoms with van der Waals surface area (Å²) in [5.41, 5.74) is 1.79. The molecule has 0 radical (unpaired) electrons. The number of hydrogen-bond acceptors (Lipinski definition) is 2. The van der Waals surface area contributed by atoms with Crippen LogP contribution in [0.15, 0.2) is 54.6 Å². The van der Waals surface area contributed by atoms with Gasteiger partial charge in [0.2, 0.25) is 0 Å². The number of hydrogen-bond donors (Lipinski definition) is 2. The molecule has 2 aromatic carbocycles. The molecular formula is C18H20ClNO2. The number of halogens is 1. The first-order valence-electron chi connectivity index (χ1n) is 7.40. The predicted octanol–water partition coefficient (Wildman–Crippen LogP) is 3.63. The lowest BCUT2D eigenvalue weighted by Gasteiger charge is -2.16. The summed E-state index contributed by atoms with van der Waals surface area (Å²) in [5.74, 6) is 0.143. The van der Waals surface area contributed by atoms with Crippen molar-refractivity contribution in [3.05, 3.63) is 70.7 Å². The zero-order valence-electron chi connectivity index (χ0n) is 12.3. The fraction of sp³-hybridized carbons (Fsp3) is 0.278. The van der Waals surface area contributed by atoms with Gasteiger partial charge in [0, 0.05) is 23.7 Å². The first-order valence-corrected chi connectivity index (χ1v) is 7.78. The Balaban J connectivity index is 1.87. The Hall–Kier alpha value is -1.84. The average Bonchev–Trinajstić information content (AvgIpc) is 2.55. The summed E-state index contributed by atoms with van der Waals surface area (Å²) in [7, 11) is 0. The first-order chi connectivity index (χ1) is 10.7. The Kier molecular flexibility index (Phi) is 6.44. The molecule has 0 spiro atoms. The second kappa shape index (κ2) is 8.57. The van der Waals surface area contributed by atoms with E-state index < -0.39 is 0 Å². The molecule has 0 fully saturated rings. The first kappa shape index (κ1) is 16.5. The molecule has 0 aliphatic heterocycles. The van der Waals surface area contributed by atoms with Gasteiger partial charge in [0.05, 0.1) is 0 Å². The lowest BCUT2D eigenvalue weighted by atomic mass is 9.93. The fourth-order valence-corrected chi connectivity index (χ4v) is 2.55. The minimum atomic E-state index is -0.104. The molecular weight excluding hydrogens is 298 g/mol. The average molecular weight is 318 g/mol. The van der Waals surface area contributed by atoms with E-state index in [1.807, 2.05) is 18.2 Å². The summed E-state index contributed by atoms with van der Waals surface area (Å²) >= 11 is 5.81. The summed E-state index contributed by atoms with van der Waals surface area (Å²) in [6, 6.07) is 16.9. The highest BCUT2D eigenvalue weighted by atomic mass is 35.5. The molecule has 1 unspecified atom stereocenters. The maximum atomic E-state index is 12.0. The standard InChI is InChI=1S/C18H20ClNO2/c19-17-8-6-16(7-9-17)18(22)20-12-10-15(11-13-21)14-4-2-1-3-5-14/h1-9,15,21H,10-13H2,(H,20,22). The number of amides is 1. The maximum absolute atomic E-state index is 12.0. The summed E-state index contributed by atoms with van der Waals surface area (Å²) in [6.45, 7) is 0.714. The molecule has 22 heavy (non-hydrogen) atoms. The molecule has 0 heterocycles. The quantitative estimate of drug-likeness (QED) is 0.819. The number of rotatable bonds is 7. The smallest absolute Gasteiger partial charge is 0.251 e. The highest BCUT2D eigenvalue weighted by Gasteiger charge is 2.12. The Morgan fingerprint density at radius 3 is 2.36 bits per heavy atom. The van der Waals surface area contributed by atoms with E-state index >= 15 is 0 Å². The zero-order valence-corrected chi connectivity index (χ0v) is 13.1. The van der Waals surface area contributed by atoms with Crippen LogP contribution >= 0.6 is 11.6 Å². The molecule has 1 atom stereocenters. The molecule has 0 aliphatic rings. The van der Waals surface area contributed by atoms with Crippen molar-refractivity contribution in [1.82, 2.24) is 5.32 Å². The minimum absolute atomic E-state index is 0.104. The van der Waals surface area contributed by atoms with Crippen LogP contribution in [0.1, 0.15) is 34.7 Å². The normalized spacial score (nSPS) is 11.9. The van der Waals surface area contributed by atoms with Gasteiger partial charge in [-0.25, -0.2) is 0 Å². The Morgan fingerprint density at radius 1 is 1.05 bits per heavy atom. The lowest BCUT2D eigenvalue weighted by molar-refractivity contribution is 0.0952. The van der Waals surface area contributed by atoms with Crippen molar-refractivity contribution in [3.63, 3.8) is 0 Å². The van der Waals surface area contributed by atoms with Crippen molar-refractivity contribution in [1.29, 1.82) is 0 Å². The van der Waals surface area contributed by atoms with E-state index in [9.17, 15) is 9.90 Å². The third-order valence-corrected chi connectivity index (χ3v) is 3.89. The van der Waals surface area contributed by atoms with Gasteiger partial charge in [-0.2, -0.15) is 0 Å². The van der Waals surface area contributed by atoms with Gasteiger partial charge in [0.1, 0.15) is 0 Å². The molecule has 2 N–H and O–H groups in total. The van der Waals surface area contributed by atoms with Crippen LogP contribution in [0, 0.1) is 0 Å². The van der Waals surface area contributed by atoms with Crippen molar-refractivity contribution >= 4 is 17.5 Å². The van der Waals surface area contributed by atoms with E-state index in [-0.39, 0.29) is 18.4 Å². The highest BCUT2D eigenvalue weighted by Crippen LogP contribution is 2.22. The molecule has 0 saturated heterocycles. The van der Waals surface area contributed by atoms with Crippen molar-refractivity contribution in [2.45, 2.75) is 18.8 Å². The zero-order chi connectivity index (χ0) is 15.8. The van der Waals surface area contributed by atoms with Crippen LogP contribution in [0.2, 0.25) is 5.02 Å². The van der Waals surface area contributed by atoms with Gasteiger partial charge in [-0.15, -0.1) is 0 Å². The highest BCUT2D eigenvalue weighted by molar-refractivity contribution is 6.30. The van der Waals surface area contributed by atoms with Gasteiger partial charge in [0.25, 0.3) is 5.91 Å². The van der Waals surface area contributed by atoms with Crippen LogP contribution in [0.3, 0.4) is 0 Å². The van der Waals surface area contributed by atoms with E-state index in [2.05, 4.69) is 17.4 Å². The number of nitrogens with one attached hydrogen (secondary N) is 1. The largest absolute Gasteiger partial charge is 0.396 e. The molecule has 2 aromatic rings. The number of carbonyl (C=O) groups is 1. The van der Waals surface area contributed by atoms with Crippen molar-refractivity contribution in [3.8, 4) is 0 Å². The van der Waals surface area contributed by atoms with E-state index in [1.54, 1.807) is 24.3 Å². The molecule has 3 nitrogen and oxygen atoms in total. The summed E-state index contributed by atoms with van der Waals surface area (Å²) in [4.78, 5) is 12.0. The van der Waals surface area contributed by atoms with Crippen LogP contribution in [0.25, 0.3) is 0 Å². The topological polar surface area (TPSA) is 49.3 Å². The molecule has 116 valence electrons. The molecule has 0 saturated carbocycles. The molecule has 0 aliphatic carbocycles. The Bertz CT molecular complexity index is 584. The molecule has 4 heteroatoms. The SMILES string of the molecule is O=C(NCCC(CCO)c1ccccc1)c1ccc(Cl)cc1. The van der Waals surface area contributed by atoms with Crippen LogP contribution in [0.5, 0.6) is 0 Å². The van der Waals surface area contributed by atoms with Gasteiger partial charge in [-0.05, 0) is 48.6 Å². The van der Waals surface area contributed by atoms with Gasteiger partial charge < -0.3 is 10.4 Å². The molecule has 0 aromatic heterocycles. The van der Waals surface area contributed by atoms with Crippen LogP contribution in [-0.2, 0) is 0 Å². The monoisotopic (exact) mass is 317 g/mol. The maximum Gasteiger partial charge on any atom is 0.251 e. The third-order valence-electron chi connectivity index (χ3n) is 3.63. The predicted molar refractivity (Wildman–Crippen MR) is 89.3 cm³/mol. The fourth-order valence-electron chi connectivity index (χ4n) is 2.42. The van der Waals surface area contributed by atoms with Gasteiger partial charge in [-0.1, -0.05) is 41.9 Å². The van der Waals surface area contributed by atoms with E-state index in [1.165, 1.54) is 5.56 Å². The Morgan fingerprint density at radius 2 is 1.73 bits per heavy atom. The van der Waals surface area contributed by atoms with Crippen LogP contribution in [0.4, 0.5) is 0 Å². The minimum Gasteiger partial charge on any atom is -0.396 e. The Labute approximate surface area is 135 Å². The molecule has 0 bridgehead atoms. The summed E-state index contributed by atoms with van der Waals surface area (Å²) < 4.78 is 0. The van der Waals surface area contributed by atoms with Gasteiger partial charge in [0.15, 0.2) is 0 Å².